The lowest BCUT2D eigenvalue weighted by Gasteiger charge is -2.08. The molecule has 0 aliphatic heterocycles. The van der Waals surface area contributed by atoms with Crippen LogP contribution in [0.5, 0.6) is 0 Å². The van der Waals surface area contributed by atoms with Gasteiger partial charge in [-0.2, -0.15) is 0 Å². The van der Waals surface area contributed by atoms with Crippen LogP contribution in [0.1, 0.15) is 18.9 Å². The molecular weight excluding hydrogens is 314 g/mol. The zero-order valence-corrected chi connectivity index (χ0v) is 12.5. The van der Waals surface area contributed by atoms with Crippen molar-refractivity contribution in [3.63, 3.8) is 0 Å². The van der Waals surface area contributed by atoms with Crippen LogP contribution in [0.3, 0.4) is 0 Å². The average Bonchev–Trinajstić information content (AvgIpc) is 2.78. The lowest BCUT2D eigenvalue weighted by atomic mass is 10.1. The van der Waals surface area contributed by atoms with Crippen molar-refractivity contribution < 1.29 is 4.42 Å². The predicted molar refractivity (Wildman–Crippen MR) is 78.9 cm³/mol. The number of halogens is 2. The molecule has 0 spiro atoms. The van der Waals surface area contributed by atoms with E-state index in [0.717, 1.165) is 45.9 Å². The third-order valence-corrected chi connectivity index (χ3v) is 3.66. The fourth-order valence-electron chi connectivity index (χ4n) is 1.75. The minimum Gasteiger partial charge on any atom is -0.463 e. The normalized spacial score (nSPS) is 10.8. The third kappa shape index (κ3) is 3.16. The summed E-state index contributed by atoms with van der Waals surface area (Å²) in [6.45, 7) is 3.91. The van der Waals surface area contributed by atoms with Gasteiger partial charge in [0.05, 0.1) is 10.7 Å². The zero-order valence-electron chi connectivity index (χ0n) is 10.2. The van der Waals surface area contributed by atoms with Gasteiger partial charge in [0.1, 0.15) is 5.76 Å². The van der Waals surface area contributed by atoms with Crippen molar-refractivity contribution in [3.8, 4) is 11.3 Å². The Bertz CT molecular complexity index is 524. The lowest BCUT2D eigenvalue weighted by molar-refractivity contribution is 0.581. The second kappa shape index (κ2) is 6.41. The van der Waals surface area contributed by atoms with Gasteiger partial charge >= 0.3 is 0 Å². The van der Waals surface area contributed by atoms with Gasteiger partial charge in [-0.1, -0.05) is 18.5 Å². The number of benzene rings is 1. The maximum absolute atomic E-state index is 6.19. The molecule has 96 valence electrons. The summed E-state index contributed by atoms with van der Waals surface area (Å²) in [5, 5.41) is 4.13. The van der Waals surface area contributed by atoms with E-state index in [1.165, 1.54) is 0 Å². The van der Waals surface area contributed by atoms with Crippen molar-refractivity contribution in [2.45, 2.75) is 19.9 Å². The second-order valence-corrected chi connectivity index (χ2v) is 5.34. The van der Waals surface area contributed by atoms with Crippen LogP contribution in [-0.2, 0) is 6.54 Å². The molecule has 1 N–H and O–H groups in total. The van der Waals surface area contributed by atoms with E-state index >= 15 is 0 Å². The summed E-state index contributed by atoms with van der Waals surface area (Å²) in [7, 11) is 0. The highest BCUT2D eigenvalue weighted by atomic mass is 79.9. The summed E-state index contributed by atoms with van der Waals surface area (Å²) < 4.78 is 6.42. The topological polar surface area (TPSA) is 25.2 Å². The standard InChI is InChI=1S/C14H15BrClNO/c1-2-6-17-9-11-8-10(3-4-13(11)16)14-12(15)5-7-18-14/h3-5,7-8,17H,2,6,9H2,1H3. The van der Waals surface area contributed by atoms with Gasteiger partial charge in [0, 0.05) is 17.1 Å². The molecule has 18 heavy (non-hydrogen) atoms. The maximum Gasteiger partial charge on any atom is 0.148 e. The van der Waals surface area contributed by atoms with Crippen LogP contribution in [0.4, 0.5) is 0 Å². The molecule has 0 saturated heterocycles. The molecular formula is C14H15BrClNO. The van der Waals surface area contributed by atoms with Crippen molar-refractivity contribution in [3.05, 3.63) is 45.6 Å². The Kier molecular flexibility index (Phi) is 4.87. The van der Waals surface area contributed by atoms with Gasteiger partial charge in [-0.25, -0.2) is 0 Å². The average molecular weight is 329 g/mol. The molecule has 1 heterocycles. The summed E-state index contributed by atoms with van der Waals surface area (Å²) in [4.78, 5) is 0. The summed E-state index contributed by atoms with van der Waals surface area (Å²) in [5.41, 5.74) is 2.12. The largest absolute Gasteiger partial charge is 0.463 e. The van der Waals surface area contributed by atoms with Crippen molar-refractivity contribution >= 4 is 27.5 Å². The minimum atomic E-state index is 0.777. The number of hydrogen-bond donors (Lipinski definition) is 1. The summed E-state index contributed by atoms with van der Waals surface area (Å²) in [6, 6.07) is 7.83. The van der Waals surface area contributed by atoms with Crippen molar-refractivity contribution in [2.24, 2.45) is 0 Å². The quantitative estimate of drug-likeness (QED) is 0.793. The maximum atomic E-state index is 6.19. The molecule has 0 amide bonds. The molecule has 4 heteroatoms. The lowest BCUT2D eigenvalue weighted by Crippen LogP contribution is -2.14. The van der Waals surface area contributed by atoms with Gasteiger partial charge in [0.25, 0.3) is 0 Å². The van der Waals surface area contributed by atoms with Gasteiger partial charge < -0.3 is 9.73 Å². The Morgan fingerprint density at radius 1 is 1.33 bits per heavy atom. The van der Waals surface area contributed by atoms with E-state index in [1.54, 1.807) is 6.26 Å². The fraction of sp³-hybridized carbons (Fsp3) is 0.286. The molecule has 1 aromatic carbocycles. The van der Waals surface area contributed by atoms with Crippen LogP contribution in [0.15, 0.2) is 39.4 Å². The molecule has 0 unspecified atom stereocenters. The Morgan fingerprint density at radius 3 is 2.83 bits per heavy atom. The number of rotatable bonds is 5. The van der Waals surface area contributed by atoms with E-state index in [1.807, 2.05) is 18.2 Å². The molecule has 0 bridgehead atoms. The summed E-state index contributed by atoms with van der Waals surface area (Å²) >= 11 is 9.66. The molecule has 2 aromatic rings. The van der Waals surface area contributed by atoms with E-state index < -0.39 is 0 Å². The predicted octanol–water partition coefficient (Wildman–Crippen LogP) is 4.86. The van der Waals surface area contributed by atoms with Crippen molar-refractivity contribution in [2.75, 3.05) is 6.54 Å². The molecule has 0 aliphatic rings. The van der Waals surface area contributed by atoms with E-state index in [4.69, 9.17) is 16.0 Å². The monoisotopic (exact) mass is 327 g/mol. The third-order valence-electron chi connectivity index (χ3n) is 2.67. The van der Waals surface area contributed by atoms with Crippen molar-refractivity contribution in [1.82, 2.24) is 5.32 Å². The first kappa shape index (κ1) is 13.7. The summed E-state index contributed by atoms with van der Waals surface area (Å²) in [6.07, 6.45) is 2.78. The van der Waals surface area contributed by atoms with Gasteiger partial charge in [-0.05, 0) is 58.7 Å². The SMILES string of the molecule is CCCNCc1cc(-c2occc2Br)ccc1Cl. The van der Waals surface area contributed by atoms with Crippen LogP contribution in [0.2, 0.25) is 5.02 Å². The van der Waals surface area contributed by atoms with E-state index in [-0.39, 0.29) is 0 Å². The van der Waals surface area contributed by atoms with Crippen molar-refractivity contribution in [1.29, 1.82) is 0 Å². The smallest absolute Gasteiger partial charge is 0.148 e. The molecule has 2 nitrogen and oxygen atoms in total. The molecule has 0 saturated carbocycles. The summed E-state index contributed by atoms with van der Waals surface area (Å²) in [5.74, 6) is 0.836. The zero-order chi connectivity index (χ0) is 13.0. The molecule has 2 rings (SSSR count). The highest BCUT2D eigenvalue weighted by Gasteiger charge is 2.09. The Labute approximate surface area is 120 Å². The van der Waals surface area contributed by atoms with Crippen LogP contribution in [0.25, 0.3) is 11.3 Å². The minimum absolute atomic E-state index is 0.777. The van der Waals surface area contributed by atoms with Crippen LogP contribution >= 0.6 is 27.5 Å². The van der Waals surface area contributed by atoms with Crippen LogP contribution in [0, 0.1) is 0 Å². The fourth-order valence-corrected chi connectivity index (χ4v) is 2.37. The van der Waals surface area contributed by atoms with E-state index in [2.05, 4.69) is 34.2 Å². The Balaban J connectivity index is 2.23. The number of hydrogen-bond acceptors (Lipinski definition) is 2. The highest BCUT2D eigenvalue weighted by molar-refractivity contribution is 9.10. The highest BCUT2D eigenvalue weighted by Crippen LogP contribution is 2.31. The van der Waals surface area contributed by atoms with E-state index in [0.29, 0.717) is 0 Å². The first-order chi connectivity index (χ1) is 8.72. The Hall–Kier alpha value is -0.770. The molecule has 0 atom stereocenters. The first-order valence-electron chi connectivity index (χ1n) is 5.95. The molecule has 1 aromatic heterocycles. The van der Waals surface area contributed by atoms with E-state index in [9.17, 15) is 0 Å². The second-order valence-electron chi connectivity index (χ2n) is 4.08. The van der Waals surface area contributed by atoms with Gasteiger partial charge in [0.15, 0.2) is 0 Å². The van der Waals surface area contributed by atoms with Crippen LogP contribution < -0.4 is 5.32 Å². The number of nitrogens with one attached hydrogen (secondary N) is 1. The van der Waals surface area contributed by atoms with Crippen LogP contribution in [-0.4, -0.2) is 6.54 Å². The van der Waals surface area contributed by atoms with Gasteiger partial charge in [-0.3, -0.25) is 0 Å². The first-order valence-corrected chi connectivity index (χ1v) is 7.12. The molecule has 0 radical (unpaired) electrons. The molecule has 0 aliphatic carbocycles. The number of furan rings is 1. The van der Waals surface area contributed by atoms with Gasteiger partial charge in [0.2, 0.25) is 0 Å². The molecule has 0 fully saturated rings. The van der Waals surface area contributed by atoms with Gasteiger partial charge in [-0.15, -0.1) is 0 Å². The Morgan fingerprint density at radius 2 is 2.17 bits per heavy atom.